The van der Waals surface area contributed by atoms with Gasteiger partial charge in [0.05, 0.1) is 0 Å². The lowest BCUT2D eigenvalue weighted by molar-refractivity contribution is 0.248. The molecule has 0 bridgehead atoms. The van der Waals surface area contributed by atoms with Crippen LogP contribution in [0.1, 0.15) is 96.5 Å². The molecule has 0 aromatic heterocycles. The van der Waals surface area contributed by atoms with Crippen LogP contribution in [0.4, 0.5) is 0 Å². The Morgan fingerprint density at radius 3 is 1.73 bits per heavy atom. The molecule has 0 amide bonds. The number of benzene rings is 1. The first-order valence-corrected chi connectivity index (χ1v) is 10.9. The largest absolute Gasteiger partial charge is 0.504 e. The maximum absolute atomic E-state index is 10.1. The molecule has 0 fully saturated rings. The van der Waals surface area contributed by atoms with Gasteiger partial charge in [-0.1, -0.05) is 90.2 Å². The molecule has 1 aromatic carbocycles. The van der Waals surface area contributed by atoms with Crippen molar-refractivity contribution in [3.8, 4) is 11.5 Å². The fourth-order valence-corrected chi connectivity index (χ4v) is 3.45. The molecule has 2 N–H and O–H groups in total. The first-order valence-electron chi connectivity index (χ1n) is 10.9. The van der Waals surface area contributed by atoms with Gasteiger partial charge in [0.25, 0.3) is 0 Å². The van der Waals surface area contributed by atoms with E-state index in [1.165, 1.54) is 77.0 Å². The zero-order valence-electron chi connectivity index (χ0n) is 17.2. The second-order valence-electron chi connectivity index (χ2n) is 7.60. The van der Waals surface area contributed by atoms with Gasteiger partial charge in [-0.25, -0.2) is 0 Å². The summed E-state index contributed by atoms with van der Waals surface area (Å²) in [6, 6.07) is 5.28. The van der Waals surface area contributed by atoms with E-state index in [-0.39, 0.29) is 11.5 Å². The minimum atomic E-state index is -0.0124. The highest BCUT2D eigenvalue weighted by molar-refractivity contribution is 5.44. The molecule has 1 aromatic rings. The molecular weight excluding hydrogens is 322 g/mol. The molecule has 0 atom stereocenters. The monoisotopic (exact) mass is 363 g/mol. The van der Waals surface area contributed by atoms with Crippen molar-refractivity contribution in [1.29, 1.82) is 0 Å². The molecule has 3 nitrogen and oxygen atoms in total. The summed E-state index contributed by atoms with van der Waals surface area (Å²) in [5.41, 5.74) is 0.835. The topological polar surface area (TPSA) is 43.7 Å². The Morgan fingerprint density at radius 2 is 1.19 bits per heavy atom. The number of phenols is 2. The first kappa shape index (κ1) is 22.8. The molecule has 0 heterocycles. The second kappa shape index (κ2) is 14.9. The van der Waals surface area contributed by atoms with Gasteiger partial charge in [0, 0.05) is 12.1 Å². The Kier molecular flexibility index (Phi) is 13.1. The highest BCUT2D eigenvalue weighted by Crippen LogP contribution is 2.29. The third kappa shape index (κ3) is 10.1. The predicted octanol–water partition coefficient (Wildman–Crippen LogP) is 6.62. The number of unbranched alkanes of at least 4 members (excludes halogenated alkanes) is 10. The van der Waals surface area contributed by atoms with Gasteiger partial charge in [0.15, 0.2) is 11.5 Å². The summed E-state index contributed by atoms with van der Waals surface area (Å²) >= 11 is 0. The van der Waals surface area contributed by atoms with Crippen LogP contribution in [0.3, 0.4) is 0 Å². The fourth-order valence-electron chi connectivity index (χ4n) is 3.45. The molecule has 0 saturated heterocycles. The van der Waals surface area contributed by atoms with E-state index >= 15 is 0 Å². The average molecular weight is 364 g/mol. The highest BCUT2D eigenvalue weighted by Gasteiger charge is 2.11. The third-order valence-electron chi connectivity index (χ3n) is 5.15. The summed E-state index contributed by atoms with van der Waals surface area (Å²) in [7, 11) is 0. The van der Waals surface area contributed by atoms with Crippen LogP contribution < -0.4 is 0 Å². The van der Waals surface area contributed by atoms with Crippen LogP contribution >= 0.6 is 0 Å². The number of nitrogens with zero attached hydrogens (tertiary/aromatic N) is 1. The average Bonchev–Trinajstić information content (AvgIpc) is 2.64. The zero-order valence-corrected chi connectivity index (χ0v) is 17.2. The molecule has 1 rings (SSSR count). The molecule has 26 heavy (non-hydrogen) atoms. The normalized spacial score (nSPS) is 11.3. The van der Waals surface area contributed by atoms with Crippen LogP contribution in [-0.4, -0.2) is 28.2 Å². The molecule has 0 aliphatic heterocycles. The Morgan fingerprint density at radius 1 is 0.692 bits per heavy atom. The van der Waals surface area contributed by atoms with Gasteiger partial charge >= 0.3 is 0 Å². The molecule has 0 saturated carbocycles. The first-order chi connectivity index (χ1) is 12.7. The maximum Gasteiger partial charge on any atom is 0.161 e. The summed E-state index contributed by atoms with van der Waals surface area (Å²) in [4.78, 5) is 2.45. The van der Waals surface area contributed by atoms with Crippen LogP contribution in [0.5, 0.6) is 11.5 Å². The van der Waals surface area contributed by atoms with Crippen molar-refractivity contribution in [2.24, 2.45) is 0 Å². The Hall–Kier alpha value is -1.22. The van der Waals surface area contributed by atoms with Crippen molar-refractivity contribution >= 4 is 0 Å². The van der Waals surface area contributed by atoms with Gasteiger partial charge in [-0.3, -0.25) is 4.90 Å². The summed E-state index contributed by atoms with van der Waals surface area (Å²) in [6.45, 7) is 7.39. The molecular formula is C23H41NO2. The van der Waals surface area contributed by atoms with E-state index in [0.29, 0.717) is 0 Å². The van der Waals surface area contributed by atoms with Crippen molar-refractivity contribution < 1.29 is 10.2 Å². The molecule has 0 aliphatic rings. The number of hydrogen-bond acceptors (Lipinski definition) is 3. The molecule has 150 valence electrons. The van der Waals surface area contributed by atoms with E-state index in [2.05, 4.69) is 18.7 Å². The Bertz CT molecular complexity index is 446. The second-order valence-corrected chi connectivity index (χ2v) is 7.60. The lowest BCUT2D eigenvalue weighted by Gasteiger charge is -2.23. The van der Waals surface area contributed by atoms with Gasteiger partial charge in [-0.05, 0) is 32.0 Å². The predicted molar refractivity (Wildman–Crippen MR) is 112 cm³/mol. The van der Waals surface area contributed by atoms with Crippen LogP contribution in [0.15, 0.2) is 18.2 Å². The van der Waals surface area contributed by atoms with E-state index in [9.17, 15) is 10.2 Å². The molecule has 0 radical (unpaired) electrons. The van der Waals surface area contributed by atoms with Gasteiger partial charge < -0.3 is 10.2 Å². The van der Waals surface area contributed by atoms with Gasteiger partial charge in [0.2, 0.25) is 0 Å². The van der Waals surface area contributed by atoms with E-state index in [0.717, 1.165) is 25.2 Å². The maximum atomic E-state index is 10.1. The SMILES string of the molecule is CCCCCCCCN(CCCCCCCC)Cc1cccc(O)c1O. The Balaban J connectivity index is 2.42. The number of aromatic hydroxyl groups is 2. The van der Waals surface area contributed by atoms with Gasteiger partial charge in [-0.15, -0.1) is 0 Å². The van der Waals surface area contributed by atoms with E-state index < -0.39 is 0 Å². The van der Waals surface area contributed by atoms with E-state index in [4.69, 9.17) is 0 Å². The summed E-state index contributed by atoms with van der Waals surface area (Å²) in [5.74, 6) is 0.0324. The lowest BCUT2D eigenvalue weighted by atomic mass is 10.1. The number of rotatable bonds is 16. The van der Waals surface area contributed by atoms with Crippen molar-refractivity contribution in [3.05, 3.63) is 23.8 Å². The third-order valence-corrected chi connectivity index (χ3v) is 5.15. The van der Waals surface area contributed by atoms with E-state index in [1.807, 2.05) is 12.1 Å². The van der Waals surface area contributed by atoms with Crippen molar-refractivity contribution in [1.82, 2.24) is 4.90 Å². The van der Waals surface area contributed by atoms with Crippen molar-refractivity contribution in [2.75, 3.05) is 13.1 Å². The van der Waals surface area contributed by atoms with Crippen LogP contribution in [0, 0.1) is 0 Å². The van der Waals surface area contributed by atoms with E-state index in [1.54, 1.807) is 6.07 Å². The standard InChI is InChI=1S/C23H41NO2/c1-3-5-7-9-11-13-18-24(19-14-12-10-8-6-4-2)20-21-16-15-17-22(25)23(21)26/h15-17,25-26H,3-14,18-20H2,1-2H3. The minimum absolute atomic E-state index is 0.0124. The summed E-state index contributed by atoms with van der Waals surface area (Å²) in [5, 5.41) is 19.8. The molecule has 3 heteroatoms. The molecule has 0 spiro atoms. The zero-order chi connectivity index (χ0) is 19.0. The van der Waals surface area contributed by atoms with Crippen molar-refractivity contribution in [2.45, 2.75) is 97.4 Å². The lowest BCUT2D eigenvalue weighted by Crippen LogP contribution is -2.25. The van der Waals surface area contributed by atoms with Gasteiger partial charge in [0.1, 0.15) is 0 Å². The molecule has 0 unspecified atom stereocenters. The van der Waals surface area contributed by atoms with Crippen LogP contribution in [-0.2, 0) is 6.54 Å². The smallest absolute Gasteiger partial charge is 0.161 e. The van der Waals surface area contributed by atoms with Crippen LogP contribution in [0.25, 0.3) is 0 Å². The Labute approximate surface area is 161 Å². The van der Waals surface area contributed by atoms with Crippen LogP contribution in [0.2, 0.25) is 0 Å². The quantitative estimate of drug-likeness (QED) is 0.256. The fraction of sp³-hybridized carbons (Fsp3) is 0.739. The minimum Gasteiger partial charge on any atom is -0.504 e. The number of para-hydroxylation sites is 1. The van der Waals surface area contributed by atoms with Crippen molar-refractivity contribution in [3.63, 3.8) is 0 Å². The summed E-state index contributed by atoms with van der Waals surface area (Å²) in [6.07, 6.45) is 15.7. The van der Waals surface area contributed by atoms with Gasteiger partial charge in [-0.2, -0.15) is 0 Å². The highest BCUT2D eigenvalue weighted by atomic mass is 16.3. The summed E-state index contributed by atoms with van der Waals surface area (Å²) < 4.78 is 0. The number of phenolic OH excluding ortho intramolecular Hbond substituents is 2. The number of hydrogen-bond donors (Lipinski definition) is 2. The molecule has 0 aliphatic carbocycles.